The lowest BCUT2D eigenvalue weighted by Gasteiger charge is -2.30. The van der Waals surface area contributed by atoms with Gasteiger partial charge in [-0.3, -0.25) is 4.90 Å². The number of rotatable bonds is 3. The van der Waals surface area contributed by atoms with Crippen molar-refractivity contribution >= 4 is 22.6 Å². The van der Waals surface area contributed by atoms with Gasteiger partial charge < -0.3 is 0 Å². The molecule has 1 nitrogen and oxygen atoms in total. The van der Waals surface area contributed by atoms with Crippen molar-refractivity contribution in [3.8, 4) is 0 Å². The monoisotopic (exact) mass is 391 g/mol. The zero-order valence-electron chi connectivity index (χ0n) is 12.3. The Hall–Kier alpha value is -0.870. The van der Waals surface area contributed by atoms with Gasteiger partial charge in [0.05, 0.1) is 0 Å². The van der Waals surface area contributed by atoms with Crippen molar-refractivity contribution in [2.45, 2.75) is 38.3 Å². The standard InChI is InChI=1S/C19H22IN/c20-18-12-7-6-11-17(18)15-21-14-8-2-5-13-19(21)16-9-3-1-4-10-16/h1,3-4,6-7,9-12,19H,2,5,8,13-15H2. The summed E-state index contributed by atoms with van der Waals surface area (Å²) in [6.45, 7) is 2.28. The summed E-state index contributed by atoms with van der Waals surface area (Å²) in [6.07, 6.45) is 5.33. The summed E-state index contributed by atoms with van der Waals surface area (Å²) in [4.78, 5) is 2.68. The summed E-state index contributed by atoms with van der Waals surface area (Å²) >= 11 is 2.46. The molecule has 2 aromatic carbocycles. The molecular weight excluding hydrogens is 369 g/mol. The zero-order chi connectivity index (χ0) is 14.5. The smallest absolute Gasteiger partial charge is 0.0351 e. The number of likely N-dealkylation sites (tertiary alicyclic amines) is 1. The van der Waals surface area contributed by atoms with Gasteiger partial charge in [-0.25, -0.2) is 0 Å². The van der Waals surface area contributed by atoms with Crippen LogP contribution >= 0.6 is 22.6 Å². The van der Waals surface area contributed by atoms with Gasteiger partial charge in [0.2, 0.25) is 0 Å². The van der Waals surface area contributed by atoms with E-state index in [2.05, 4.69) is 82.1 Å². The first-order valence-corrected chi connectivity index (χ1v) is 8.95. The molecule has 1 aliphatic heterocycles. The molecule has 21 heavy (non-hydrogen) atoms. The van der Waals surface area contributed by atoms with Gasteiger partial charge in [0.25, 0.3) is 0 Å². The summed E-state index contributed by atoms with van der Waals surface area (Å²) in [5.74, 6) is 0. The van der Waals surface area contributed by atoms with Crippen molar-refractivity contribution in [3.63, 3.8) is 0 Å². The summed E-state index contributed by atoms with van der Waals surface area (Å²) in [6, 6.07) is 20.4. The lowest BCUT2D eigenvalue weighted by Crippen LogP contribution is -2.28. The van der Waals surface area contributed by atoms with Crippen molar-refractivity contribution in [1.29, 1.82) is 0 Å². The van der Waals surface area contributed by atoms with Gasteiger partial charge in [0, 0.05) is 16.2 Å². The maximum atomic E-state index is 2.68. The van der Waals surface area contributed by atoms with Crippen LogP contribution in [0.25, 0.3) is 0 Å². The molecule has 0 bridgehead atoms. The van der Waals surface area contributed by atoms with Gasteiger partial charge in [-0.1, -0.05) is 61.4 Å². The second-order valence-corrected chi connectivity index (χ2v) is 7.00. The first-order valence-electron chi connectivity index (χ1n) is 7.87. The van der Waals surface area contributed by atoms with Crippen LogP contribution in [-0.2, 0) is 6.54 Å². The minimum atomic E-state index is 0.574. The van der Waals surface area contributed by atoms with Crippen LogP contribution in [0.4, 0.5) is 0 Å². The molecule has 0 saturated carbocycles. The van der Waals surface area contributed by atoms with Crippen LogP contribution in [0.1, 0.15) is 42.9 Å². The molecule has 110 valence electrons. The molecule has 1 fully saturated rings. The molecule has 2 aromatic rings. The van der Waals surface area contributed by atoms with E-state index in [9.17, 15) is 0 Å². The fourth-order valence-corrected chi connectivity index (χ4v) is 3.81. The number of benzene rings is 2. The van der Waals surface area contributed by atoms with E-state index < -0.39 is 0 Å². The summed E-state index contributed by atoms with van der Waals surface area (Å²) in [5, 5.41) is 0. The molecule has 0 aliphatic carbocycles. The maximum absolute atomic E-state index is 2.68. The number of halogens is 1. The second-order valence-electron chi connectivity index (χ2n) is 5.84. The molecule has 0 radical (unpaired) electrons. The van der Waals surface area contributed by atoms with E-state index in [1.165, 1.54) is 46.9 Å². The van der Waals surface area contributed by atoms with E-state index in [4.69, 9.17) is 0 Å². The van der Waals surface area contributed by atoms with E-state index in [1.54, 1.807) is 0 Å². The van der Waals surface area contributed by atoms with Crippen LogP contribution in [0, 0.1) is 3.57 Å². The van der Waals surface area contributed by atoms with E-state index >= 15 is 0 Å². The molecule has 0 amide bonds. The van der Waals surface area contributed by atoms with Crippen LogP contribution in [-0.4, -0.2) is 11.4 Å². The third-order valence-corrected chi connectivity index (χ3v) is 5.43. The predicted molar refractivity (Wildman–Crippen MR) is 97.2 cm³/mol. The van der Waals surface area contributed by atoms with Gasteiger partial charge in [-0.15, -0.1) is 0 Å². The Bertz CT molecular complexity index is 567. The molecule has 1 aliphatic rings. The van der Waals surface area contributed by atoms with Gasteiger partial charge in [0.1, 0.15) is 0 Å². The molecule has 1 unspecified atom stereocenters. The van der Waals surface area contributed by atoms with E-state index in [-0.39, 0.29) is 0 Å². The van der Waals surface area contributed by atoms with Crippen molar-refractivity contribution in [1.82, 2.24) is 4.90 Å². The Balaban J connectivity index is 1.84. The minimum Gasteiger partial charge on any atom is -0.292 e. The maximum Gasteiger partial charge on any atom is 0.0351 e. The Morgan fingerprint density at radius 2 is 1.67 bits per heavy atom. The van der Waals surface area contributed by atoms with Crippen LogP contribution < -0.4 is 0 Å². The third kappa shape index (κ3) is 3.86. The zero-order valence-corrected chi connectivity index (χ0v) is 14.5. The quantitative estimate of drug-likeness (QED) is 0.633. The normalized spacial score (nSPS) is 20.1. The van der Waals surface area contributed by atoms with Gasteiger partial charge >= 0.3 is 0 Å². The Kier molecular flexibility index (Phi) is 5.31. The molecule has 1 heterocycles. The molecule has 0 N–H and O–H groups in total. The number of nitrogens with zero attached hydrogens (tertiary/aromatic N) is 1. The summed E-state index contributed by atoms with van der Waals surface area (Å²) in [7, 11) is 0. The van der Waals surface area contributed by atoms with Crippen molar-refractivity contribution in [2.24, 2.45) is 0 Å². The van der Waals surface area contributed by atoms with Crippen molar-refractivity contribution in [2.75, 3.05) is 6.54 Å². The van der Waals surface area contributed by atoms with E-state index in [1.807, 2.05) is 0 Å². The first-order chi connectivity index (χ1) is 10.3. The van der Waals surface area contributed by atoms with Gasteiger partial charge in [0.15, 0.2) is 0 Å². The molecule has 3 rings (SSSR count). The van der Waals surface area contributed by atoms with E-state index in [0.717, 1.165) is 6.54 Å². The van der Waals surface area contributed by atoms with Crippen molar-refractivity contribution in [3.05, 3.63) is 69.3 Å². The molecular formula is C19H22IN. The SMILES string of the molecule is Ic1ccccc1CN1CCCCCC1c1ccccc1. The number of hydrogen-bond acceptors (Lipinski definition) is 1. The minimum absolute atomic E-state index is 0.574. The predicted octanol–water partition coefficient (Wildman–Crippen LogP) is 5.41. The number of hydrogen-bond donors (Lipinski definition) is 0. The fraction of sp³-hybridized carbons (Fsp3) is 0.368. The molecule has 2 heteroatoms. The summed E-state index contributed by atoms with van der Waals surface area (Å²) < 4.78 is 1.38. The Morgan fingerprint density at radius 3 is 2.48 bits per heavy atom. The van der Waals surface area contributed by atoms with Gasteiger partial charge in [-0.2, -0.15) is 0 Å². The average Bonchev–Trinajstić information content (AvgIpc) is 2.76. The Morgan fingerprint density at radius 1 is 0.905 bits per heavy atom. The molecule has 1 saturated heterocycles. The topological polar surface area (TPSA) is 3.24 Å². The third-order valence-electron chi connectivity index (χ3n) is 4.38. The average molecular weight is 391 g/mol. The van der Waals surface area contributed by atoms with E-state index in [0.29, 0.717) is 6.04 Å². The molecule has 1 atom stereocenters. The van der Waals surface area contributed by atoms with Crippen molar-refractivity contribution < 1.29 is 0 Å². The molecule has 0 aromatic heterocycles. The van der Waals surface area contributed by atoms with Gasteiger partial charge in [-0.05, 0) is 59.2 Å². The second kappa shape index (κ2) is 7.41. The Labute approximate surface area is 141 Å². The lowest BCUT2D eigenvalue weighted by molar-refractivity contribution is 0.192. The first kappa shape index (κ1) is 15.0. The fourth-order valence-electron chi connectivity index (χ4n) is 3.26. The van der Waals surface area contributed by atoms with Crippen LogP contribution in [0.3, 0.4) is 0 Å². The lowest BCUT2D eigenvalue weighted by atomic mass is 10.0. The van der Waals surface area contributed by atoms with Crippen LogP contribution in [0.5, 0.6) is 0 Å². The highest BCUT2D eigenvalue weighted by Crippen LogP contribution is 2.31. The molecule has 0 spiro atoms. The highest BCUT2D eigenvalue weighted by Gasteiger charge is 2.22. The summed E-state index contributed by atoms with van der Waals surface area (Å²) in [5.41, 5.74) is 2.94. The van der Waals surface area contributed by atoms with Crippen LogP contribution in [0.15, 0.2) is 54.6 Å². The highest BCUT2D eigenvalue weighted by molar-refractivity contribution is 14.1. The highest BCUT2D eigenvalue weighted by atomic mass is 127. The van der Waals surface area contributed by atoms with Crippen LogP contribution in [0.2, 0.25) is 0 Å². The largest absolute Gasteiger partial charge is 0.292 e.